The minimum Gasteiger partial charge on any atom is -0.472 e. The molecule has 0 aliphatic carbocycles. The van der Waals surface area contributed by atoms with E-state index in [1.165, 1.54) is 12.4 Å². The average molecular weight is 454 g/mol. The van der Waals surface area contributed by atoms with Crippen molar-refractivity contribution in [2.45, 2.75) is 12.5 Å². The topological polar surface area (TPSA) is 89.5 Å². The van der Waals surface area contributed by atoms with E-state index < -0.39 is 0 Å². The molecule has 3 heterocycles. The Morgan fingerprint density at radius 1 is 1.03 bits per heavy atom. The van der Waals surface area contributed by atoms with Crippen molar-refractivity contribution in [2.75, 3.05) is 18.4 Å². The quantitative estimate of drug-likeness (QED) is 0.405. The van der Waals surface area contributed by atoms with Crippen LogP contribution in [0.25, 0.3) is 11.0 Å². The summed E-state index contributed by atoms with van der Waals surface area (Å²) in [5, 5.41) is 3.30. The largest absolute Gasteiger partial charge is 0.472 e. The number of rotatable bonds is 7. The van der Waals surface area contributed by atoms with Gasteiger partial charge in [-0.3, -0.25) is 4.79 Å². The van der Waals surface area contributed by atoms with Gasteiger partial charge in [0, 0.05) is 24.7 Å². The van der Waals surface area contributed by atoms with Gasteiger partial charge in [0.2, 0.25) is 11.8 Å². The maximum absolute atomic E-state index is 11.8. The van der Waals surface area contributed by atoms with Gasteiger partial charge in [0.1, 0.15) is 29.4 Å². The standard InChI is InChI=1S/C26H23N5O3/c1-2-24(32)31-15-14-21(16-31)34-23-13-12-22-25(30-23)26(28-17-27-22)29-18-8-10-20(11-9-18)33-19-6-4-3-5-7-19/h2-13,17,21H,1,14-16H2,(H,27,28,29). The van der Waals surface area contributed by atoms with E-state index in [0.717, 1.165) is 23.6 Å². The molecular weight excluding hydrogens is 430 g/mol. The van der Waals surface area contributed by atoms with E-state index in [1.807, 2.05) is 60.7 Å². The zero-order valence-electron chi connectivity index (χ0n) is 18.4. The third-order valence-electron chi connectivity index (χ3n) is 5.47. The second-order valence-corrected chi connectivity index (χ2v) is 7.82. The number of aromatic nitrogens is 3. The first kappa shape index (κ1) is 21.4. The van der Waals surface area contributed by atoms with Crippen molar-refractivity contribution in [3.63, 3.8) is 0 Å². The summed E-state index contributed by atoms with van der Waals surface area (Å²) in [6, 6.07) is 20.9. The average Bonchev–Trinajstić information content (AvgIpc) is 3.34. The zero-order chi connectivity index (χ0) is 23.3. The molecule has 0 radical (unpaired) electrons. The van der Waals surface area contributed by atoms with Crippen LogP contribution in [0.1, 0.15) is 6.42 Å². The van der Waals surface area contributed by atoms with E-state index in [2.05, 4.69) is 26.8 Å². The fourth-order valence-electron chi connectivity index (χ4n) is 3.77. The van der Waals surface area contributed by atoms with Crippen LogP contribution in [0.3, 0.4) is 0 Å². The third kappa shape index (κ3) is 4.80. The van der Waals surface area contributed by atoms with E-state index in [4.69, 9.17) is 9.47 Å². The van der Waals surface area contributed by atoms with E-state index in [9.17, 15) is 4.79 Å². The molecule has 2 aromatic carbocycles. The van der Waals surface area contributed by atoms with Crippen LogP contribution in [0.15, 0.2) is 85.7 Å². The first-order valence-corrected chi connectivity index (χ1v) is 11.0. The van der Waals surface area contributed by atoms with E-state index >= 15 is 0 Å². The van der Waals surface area contributed by atoms with Gasteiger partial charge in [-0.25, -0.2) is 15.0 Å². The molecule has 1 fully saturated rings. The molecule has 170 valence electrons. The Bertz CT molecular complexity index is 1310. The van der Waals surface area contributed by atoms with Crippen LogP contribution in [0, 0.1) is 0 Å². The van der Waals surface area contributed by atoms with Gasteiger partial charge >= 0.3 is 0 Å². The summed E-state index contributed by atoms with van der Waals surface area (Å²) >= 11 is 0. The van der Waals surface area contributed by atoms with Crippen molar-refractivity contribution in [1.29, 1.82) is 0 Å². The first-order valence-electron chi connectivity index (χ1n) is 11.0. The second kappa shape index (κ2) is 9.58. The molecule has 8 heteroatoms. The Kier molecular flexibility index (Phi) is 6.03. The smallest absolute Gasteiger partial charge is 0.246 e. The molecule has 34 heavy (non-hydrogen) atoms. The molecule has 8 nitrogen and oxygen atoms in total. The summed E-state index contributed by atoms with van der Waals surface area (Å²) in [4.78, 5) is 26.9. The number of likely N-dealkylation sites (tertiary alicyclic amines) is 1. The molecule has 5 rings (SSSR count). The number of nitrogens with one attached hydrogen (secondary N) is 1. The summed E-state index contributed by atoms with van der Waals surface area (Å²) in [5.41, 5.74) is 2.13. The predicted molar refractivity (Wildman–Crippen MR) is 129 cm³/mol. The van der Waals surface area contributed by atoms with Crippen molar-refractivity contribution >= 4 is 28.4 Å². The van der Waals surface area contributed by atoms with Gasteiger partial charge in [-0.05, 0) is 48.5 Å². The number of benzene rings is 2. The van der Waals surface area contributed by atoms with E-state index in [0.29, 0.717) is 35.8 Å². The van der Waals surface area contributed by atoms with Gasteiger partial charge < -0.3 is 19.7 Å². The lowest BCUT2D eigenvalue weighted by atomic mass is 10.2. The molecule has 1 aliphatic rings. The summed E-state index contributed by atoms with van der Waals surface area (Å²) in [6.45, 7) is 4.70. The number of ether oxygens (including phenoxy) is 2. The summed E-state index contributed by atoms with van der Waals surface area (Å²) in [5.74, 6) is 2.47. The Hall–Kier alpha value is -4.46. The van der Waals surface area contributed by atoms with Crippen molar-refractivity contribution in [2.24, 2.45) is 0 Å². The van der Waals surface area contributed by atoms with Gasteiger partial charge in [-0.15, -0.1) is 0 Å². The fraction of sp³-hybridized carbons (Fsp3) is 0.154. The summed E-state index contributed by atoms with van der Waals surface area (Å²) in [6.07, 6.45) is 3.45. The first-order chi connectivity index (χ1) is 16.7. The molecule has 1 unspecified atom stereocenters. The lowest BCUT2D eigenvalue weighted by Crippen LogP contribution is -2.29. The fourth-order valence-corrected chi connectivity index (χ4v) is 3.77. The zero-order valence-corrected chi connectivity index (χ0v) is 18.4. The summed E-state index contributed by atoms with van der Waals surface area (Å²) in [7, 11) is 0. The molecule has 1 atom stereocenters. The van der Waals surface area contributed by atoms with Crippen LogP contribution in [-0.4, -0.2) is 45.0 Å². The maximum atomic E-state index is 11.8. The maximum Gasteiger partial charge on any atom is 0.246 e. The number of para-hydroxylation sites is 1. The Morgan fingerprint density at radius 2 is 1.82 bits per heavy atom. The SMILES string of the molecule is C=CC(=O)N1CCC(Oc2ccc3ncnc(Nc4ccc(Oc5ccccc5)cc4)c3n2)C1. The summed E-state index contributed by atoms with van der Waals surface area (Å²) < 4.78 is 11.9. The van der Waals surface area contributed by atoms with Crippen LogP contribution < -0.4 is 14.8 Å². The van der Waals surface area contributed by atoms with Crippen LogP contribution in [0.4, 0.5) is 11.5 Å². The van der Waals surface area contributed by atoms with Crippen molar-refractivity contribution in [1.82, 2.24) is 19.9 Å². The predicted octanol–water partition coefficient (Wildman–Crippen LogP) is 4.73. The Labute approximate surface area is 196 Å². The highest BCUT2D eigenvalue weighted by Crippen LogP contribution is 2.27. The molecule has 1 N–H and O–H groups in total. The van der Waals surface area contributed by atoms with Gasteiger partial charge in [-0.2, -0.15) is 0 Å². The number of carbonyl (C=O) groups is 1. The molecule has 4 aromatic rings. The lowest BCUT2D eigenvalue weighted by molar-refractivity contribution is -0.125. The Morgan fingerprint density at radius 3 is 2.62 bits per heavy atom. The molecular formula is C26H23N5O3. The monoisotopic (exact) mass is 453 g/mol. The van der Waals surface area contributed by atoms with Crippen molar-refractivity contribution < 1.29 is 14.3 Å². The number of anilines is 2. The highest BCUT2D eigenvalue weighted by molar-refractivity contribution is 5.88. The van der Waals surface area contributed by atoms with Crippen molar-refractivity contribution in [3.8, 4) is 17.4 Å². The van der Waals surface area contributed by atoms with Gasteiger partial charge in [-0.1, -0.05) is 24.8 Å². The van der Waals surface area contributed by atoms with Crippen LogP contribution in [0.2, 0.25) is 0 Å². The minimum atomic E-state index is -0.118. The van der Waals surface area contributed by atoms with E-state index in [1.54, 1.807) is 11.0 Å². The third-order valence-corrected chi connectivity index (χ3v) is 5.47. The van der Waals surface area contributed by atoms with Gasteiger partial charge in [0.15, 0.2) is 5.82 Å². The number of fused-ring (bicyclic) bond motifs is 1. The van der Waals surface area contributed by atoms with Crippen molar-refractivity contribution in [3.05, 3.63) is 85.7 Å². The highest BCUT2D eigenvalue weighted by atomic mass is 16.5. The molecule has 0 saturated carbocycles. The number of carbonyl (C=O) groups excluding carboxylic acids is 1. The second-order valence-electron chi connectivity index (χ2n) is 7.82. The lowest BCUT2D eigenvalue weighted by Gasteiger charge is -2.15. The highest BCUT2D eigenvalue weighted by Gasteiger charge is 2.26. The number of nitrogens with zero attached hydrogens (tertiary/aromatic N) is 4. The number of hydrogen-bond donors (Lipinski definition) is 1. The Balaban J connectivity index is 1.30. The van der Waals surface area contributed by atoms with Gasteiger partial charge in [0.05, 0.1) is 12.1 Å². The normalized spacial score (nSPS) is 15.2. The van der Waals surface area contributed by atoms with Crippen LogP contribution in [-0.2, 0) is 4.79 Å². The van der Waals surface area contributed by atoms with Crippen LogP contribution in [0.5, 0.6) is 17.4 Å². The molecule has 2 aromatic heterocycles. The molecule has 1 aliphatic heterocycles. The minimum absolute atomic E-state index is 0.0855. The van der Waals surface area contributed by atoms with Gasteiger partial charge in [0.25, 0.3) is 0 Å². The number of hydrogen-bond acceptors (Lipinski definition) is 7. The molecule has 0 spiro atoms. The number of pyridine rings is 1. The van der Waals surface area contributed by atoms with Crippen LogP contribution >= 0.6 is 0 Å². The molecule has 1 saturated heterocycles. The van der Waals surface area contributed by atoms with E-state index in [-0.39, 0.29) is 12.0 Å². The number of amides is 1. The molecule has 0 bridgehead atoms. The molecule has 1 amide bonds.